The highest BCUT2D eigenvalue weighted by atomic mass is 19.4. The molecule has 5 nitrogen and oxygen atoms in total. The van der Waals surface area contributed by atoms with Gasteiger partial charge in [-0.2, -0.15) is 13.2 Å². The van der Waals surface area contributed by atoms with Gasteiger partial charge in [-0.1, -0.05) is 18.2 Å². The first-order chi connectivity index (χ1) is 13.1. The number of halogens is 3. The molecule has 0 saturated carbocycles. The van der Waals surface area contributed by atoms with Gasteiger partial charge in [0.05, 0.1) is 24.4 Å². The lowest BCUT2D eigenvalue weighted by molar-refractivity contribution is -0.144. The van der Waals surface area contributed by atoms with Gasteiger partial charge in [-0.15, -0.1) is 0 Å². The molecule has 0 amide bonds. The molecule has 0 radical (unpaired) electrons. The van der Waals surface area contributed by atoms with E-state index in [1.807, 2.05) is 6.07 Å². The van der Waals surface area contributed by atoms with E-state index >= 15 is 0 Å². The van der Waals surface area contributed by atoms with Crippen LogP contribution in [-0.2, 0) is 22.3 Å². The van der Waals surface area contributed by atoms with Crippen LogP contribution in [0.15, 0.2) is 36.4 Å². The molecule has 0 aliphatic heterocycles. The van der Waals surface area contributed by atoms with E-state index in [2.05, 4.69) is 4.98 Å². The summed E-state index contributed by atoms with van der Waals surface area (Å²) < 4.78 is 44.7. The molecule has 0 atom stereocenters. The first-order valence-electron chi connectivity index (χ1n) is 8.80. The van der Waals surface area contributed by atoms with Crippen molar-refractivity contribution in [1.82, 2.24) is 9.88 Å². The normalized spacial score (nSPS) is 11.6. The summed E-state index contributed by atoms with van der Waals surface area (Å²) in [7, 11) is 5.07. The SMILES string of the molecule is CCOC(=O)CN(C)Cc1cccc(-c2cc(C(F)(F)F)cc(N(C)C)n2)c1. The Labute approximate surface area is 162 Å². The summed E-state index contributed by atoms with van der Waals surface area (Å²) in [6.07, 6.45) is -4.46. The Bertz CT molecular complexity index is 823. The van der Waals surface area contributed by atoms with E-state index in [1.54, 1.807) is 51.2 Å². The fourth-order valence-electron chi connectivity index (χ4n) is 2.68. The Morgan fingerprint density at radius 2 is 1.86 bits per heavy atom. The molecule has 0 unspecified atom stereocenters. The van der Waals surface area contributed by atoms with Crippen LogP contribution in [0.1, 0.15) is 18.1 Å². The van der Waals surface area contributed by atoms with E-state index in [4.69, 9.17) is 4.74 Å². The number of rotatable bonds is 7. The molecule has 0 spiro atoms. The van der Waals surface area contributed by atoms with E-state index in [9.17, 15) is 18.0 Å². The average molecular weight is 395 g/mol. The summed E-state index contributed by atoms with van der Waals surface area (Å²) in [5, 5.41) is 0. The third-order valence-corrected chi connectivity index (χ3v) is 3.98. The Kier molecular flexibility index (Phi) is 7.01. The van der Waals surface area contributed by atoms with Crippen molar-refractivity contribution < 1.29 is 22.7 Å². The molecule has 28 heavy (non-hydrogen) atoms. The lowest BCUT2D eigenvalue weighted by Gasteiger charge is -2.18. The number of benzene rings is 1. The van der Waals surface area contributed by atoms with Gasteiger partial charge in [-0.25, -0.2) is 4.98 Å². The largest absolute Gasteiger partial charge is 0.465 e. The number of carbonyl (C=O) groups is 1. The molecule has 1 heterocycles. The van der Waals surface area contributed by atoms with Crippen molar-refractivity contribution in [1.29, 1.82) is 0 Å². The van der Waals surface area contributed by atoms with Crippen LogP contribution in [0.4, 0.5) is 19.0 Å². The quantitative estimate of drug-likeness (QED) is 0.667. The number of pyridine rings is 1. The van der Waals surface area contributed by atoms with Crippen LogP contribution in [0.2, 0.25) is 0 Å². The number of alkyl halides is 3. The highest BCUT2D eigenvalue weighted by molar-refractivity contribution is 5.71. The predicted octanol–water partition coefficient (Wildman–Crippen LogP) is 3.83. The Balaban J connectivity index is 2.30. The van der Waals surface area contributed by atoms with Crippen molar-refractivity contribution in [2.75, 3.05) is 39.2 Å². The monoisotopic (exact) mass is 395 g/mol. The van der Waals surface area contributed by atoms with E-state index in [1.165, 1.54) is 4.90 Å². The Morgan fingerprint density at radius 3 is 2.46 bits per heavy atom. The summed E-state index contributed by atoms with van der Waals surface area (Å²) in [6.45, 7) is 2.64. The van der Waals surface area contributed by atoms with Crippen LogP contribution < -0.4 is 4.90 Å². The minimum absolute atomic E-state index is 0.130. The molecule has 1 aromatic heterocycles. The number of hydrogen-bond donors (Lipinski definition) is 0. The summed E-state index contributed by atoms with van der Waals surface area (Å²) >= 11 is 0. The van der Waals surface area contributed by atoms with Gasteiger partial charge in [0.15, 0.2) is 0 Å². The van der Waals surface area contributed by atoms with Crippen molar-refractivity contribution in [2.24, 2.45) is 0 Å². The van der Waals surface area contributed by atoms with Crippen molar-refractivity contribution in [3.8, 4) is 11.3 Å². The molecule has 152 valence electrons. The molecular formula is C20H24F3N3O2. The lowest BCUT2D eigenvalue weighted by Crippen LogP contribution is -2.27. The summed E-state index contributed by atoms with van der Waals surface area (Å²) in [6, 6.07) is 9.20. The second kappa shape index (κ2) is 9.05. The third-order valence-electron chi connectivity index (χ3n) is 3.98. The smallest absolute Gasteiger partial charge is 0.416 e. The van der Waals surface area contributed by atoms with Crippen molar-refractivity contribution in [2.45, 2.75) is 19.6 Å². The standard InChI is InChI=1S/C20H24F3N3O2/c1-5-28-19(27)13-26(4)12-14-7-6-8-15(9-14)17-10-16(20(21,22)23)11-18(24-17)25(2)3/h6-11H,5,12-13H2,1-4H3. The zero-order chi connectivity index (χ0) is 20.9. The fraction of sp³-hybridized carbons (Fsp3) is 0.400. The molecule has 0 aliphatic carbocycles. The highest BCUT2D eigenvalue weighted by Crippen LogP contribution is 2.34. The number of likely N-dealkylation sites (N-methyl/N-ethyl adjacent to an activating group) is 1. The molecule has 2 aromatic rings. The van der Waals surface area contributed by atoms with Crippen molar-refractivity contribution in [3.63, 3.8) is 0 Å². The topological polar surface area (TPSA) is 45.7 Å². The number of hydrogen-bond acceptors (Lipinski definition) is 5. The highest BCUT2D eigenvalue weighted by Gasteiger charge is 2.32. The van der Waals surface area contributed by atoms with Crippen LogP contribution in [0.3, 0.4) is 0 Å². The molecule has 0 saturated heterocycles. The molecule has 8 heteroatoms. The van der Waals surface area contributed by atoms with Crippen LogP contribution in [0.5, 0.6) is 0 Å². The average Bonchev–Trinajstić information content (AvgIpc) is 2.60. The predicted molar refractivity (Wildman–Crippen MR) is 102 cm³/mol. The molecule has 1 aromatic carbocycles. The van der Waals surface area contributed by atoms with Crippen molar-refractivity contribution >= 4 is 11.8 Å². The third kappa shape index (κ3) is 5.95. The number of aromatic nitrogens is 1. The summed E-state index contributed by atoms with van der Waals surface area (Å²) in [4.78, 5) is 19.2. The molecule has 2 rings (SSSR count). The van der Waals surface area contributed by atoms with Crippen LogP contribution in [0, 0.1) is 0 Å². The zero-order valence-electron chi connectivity index (χ0n) is 16.4. The maximum atomic E-state index is 13.3. The minimum Gasteiger partial charge on any atom is -0.465 e. The first-order valence-corrected chi connectivity index (χ1v) is 8.80. The maximum absolute atomic E-state index is 13.3. The van der Waals surface area contributed by atoms with Crippen LogP contribution in [-0.4, -0.2) is 50.1 Å². The molecule has 0 bridgehead atoms. The molecule has 0 aliphatic rings. The maximum Gasteiger partial charge on any atom is 0.416 e. The Hall–Kier alpha value is -2.61. The number of esters is 1. The minimum atomic E-state index is -4.46. The van der Waals surface area contributed by atoms with E-state index < -0.39 is 11.7 Å². The summed E-state index contributed by atoms with van der Waals surface area (Å²) in [5.74, 6) is -0.0917. The van der Waals surface area contributed by atoms with Crippen molar-refractivity contribution in [3.05, 3.63) is 47.5 Å². The lowest BCUT2D eigenvalue weighted by atomic mass is 10.1. The van der Waals surface area contributed by atoms with Crippen LogP contribution >= 0.6 is 0 Å². The van der Waals surface area contributed by atoms with Gasteiger partial charge in [0, 0.05) is 26.2 Å². The number of ether oxygens (including phenoxy) is 1. The van der Waals surface area contributed by atoms with Gasteiger partial charge in [0.1, 0.15) is 5.82 Å². The van der Waals surface area contributed by atoms with Gasteiger partial charge in [-0.05, 0) is 37.7 Å². The summed E-state index contributed by atoms with van der Waals surface area (Å²) in [5.41, 5.74) is 0.936. The first kappa shape index (κ1) is 21.7. The van der Waals surface area contributed by atoms with Crippen LogP contribution in [0.25, 0.3) is 11.3 Å². The zero-order valence-corrected chi connectivity index (χ0v) is 16.4. The van der Waals surface area contributed by atoms with E-state index in [0.29, 0.717) is 18.7 Å². The number of carbonyl (C=O) groups excluding carboxylic acids is 1. The van der Waals surface area contributed by atoms with Gasteiger partial charge < -0.3 is 9.64 Å². The molecule has 0 N–H and O–H groups in total. The molecular weight excluding hydrogens is 371 g/mol. The van der Waals surface area contributed by atoms with E-state index in [0.717, 1.165) is 17.7 Å². The van der Waals surface area contributed by atoms with E-state index in [-0.39, 0.29) is 24.0 Å². The molecule has 0 fully saturated rings. The number of nitrogens with zero attached hydrogens (tertiary/aromatic N) is 3. The second-order valence-electron chi connectivity index (χ2n) is 6.67. The van der Waals surface area contributed by atoms with Gasteiger partial charge in [-0.3, -0.25) is 9.69 Å². The van der Waals surface area contributed by atoms with Gasteiger partial charge in [0.25, 0.3) is 0 Å². The number of anilines is 1. The second-order valence-corrected chi connectivity index (χ2v) is 6.67. The van der Waals surface area contributed by atoms with Gasteiger partial charge >= 0.3 is 12.1 Å². The fourth-order valence-corrected chi connectivity index (χ4v) is 2.68. The Morgan fingerprint density at radius 1 is 1.14 bits per heavy atom. The van der Waals surface area contributed by atoms with Gasteiger partial charge in [0.2, 0.25) is 0 Å².